The van der Waals surface area contributed by atoms with E-state index in [1.54, 1.807) is 0 Å². The van der Waals surface area contributed by atoms with E-state index >= 15 is 0 Å². The minimum absolute atomic E-state index is 0.609. The minimum atomic E-state index is 0.609. The second-order valence-corrected chi connectivity index (χ2v) is 6.52. The molecule has 130 valence electrons. The number of rotatable bonds is 6. The molecule has 0 saturated carbocycles. The number of aromatic nitrogens is 6. The van der Waals surface area contributed by atoms with Crippen LogP contribution in [0.4, 0.5) is 0 Å². The molecule has 0 spiro atoms. The highest BCUT2D eigenvalue weighted by Crippen LogP contribution is 2.19. The first-order chi connectivity index (χ1) is 12.3. The van der Waals surface area contributed by atoms with Crippen molar-refractivity contribution in [2.24, 2.45) is 5.92 Å². The lowest BCUT2D eigenvalue weighted by molar-refractivity contribution is 0.342. The highest BCUT2D eigenvalue weighted by atomic mass is 15.4. The molecule has 2 aromatic heterocycles. The molecule has 1 aliphatic heterocycles. The zero-order chi connectivity index (χ0) is 17.1. The summed E-state index contributed by atoms with van der Waals surface area (Å²) in [5.41, 5.74) is 1.99. The molecule has 3 aromatic rings. The van der Waals surface area contributed by atoms with Gasteiger partial charge in [-0.25, -0.2) is 4.68 Å². The van der Waals surface area contributed by atoms with Crippen molar-refractivity contribution in [3.05, 3.63) is 53.9 Å². The fraction of sp³-hybridized carbons (Fsp3) is 0.444. The summed E-state index contributed by atoms with van der Waals surface area (Å²) >= 11 is 0. The van der Waals surface area contributed by atoms with Gasteiger partial charge in [0.15, 0.2) is 0 Å². The monoisotopic (exact) mass is 337 g/mol. The van der Waals surface area contributed by atoms with Crippen molar-refractivity contribution in [3.63, 3.8) is 0 Å². The highest BCUT2D eigenvalue weighted by molar-refractivity contribution is 5.29. The number of hydrogen-bond acceptors (Lipinski definition) is 5. The number of aryl methyl sites for hydroxylation is 2. The Kier molecular flexibility index (Phi) is 4.56. The second kappa shape index (κ2) is 7.14. The number of fused-ring (bicyclic) bond motifs is 1. The standard InChI is InChI=1S/C18H23N7/c1-2-17-21-22-18-9-8-14(12-24(17)18)10-19-11-15-13-25(23-20-15)16-6-4-3-5-7-16/h3-7,13-14,19H,2,8-12H2,1H3/t14-/m1/s1. The average Bonchev–Trinajstić information content (AvgIpc) is 3.29. The fourth-order valence-corrected chi connectivity index (χ4v) is 3.37. The second-order valence-electron chi connectivity index (χ2n) is 6.52. The Hall–Kier alpha value is -2.54. The van der Waals surface area contributed by atoms with Crippen LogP contribution in [-0.4, -0.2) is 36.3 Å². The maximum absolute atomic E-state index is 4.29. The Morgan fingerprint density at radius 1 is 1.16 bits per heavy atom. The van der Waals surface area contributed by atoms with Gasteiger partial charge in [0.1, 0.15) is 11.6 Å². The van der Waals surface area contributed by atoms with Crippen LogP contribution in [0.5, 0.6) is 0 Å². The van der Waals surface area contributed by atoms with Gasteiger partial charge in [-0.1, -0.05) is 30.3 Å². The predicted octanol–water partition coefficient (Wildman–Crippen LogP) is 1.77. The molecule has 7 nitrogen and oxygen atoms in total. The maximum atomic E-state index is 4.29. The number of hydrogen-bond donors (Lipinski definition) is 1. The molecule has 0 radical (unpaired) electrons. The van der Waals surface area contributed by atoms with Crippen molar-refractivity contribution < 1.29 is 0 Å². The average molecular weight is 337 g/mol. The zero-order valence-corrected chi connectivity index (χ0v) is 14.5. The molecule has 0 amide bonds. The quantitative estimate of drug-likeness (QED) is 0.742. The first-order valence-corrected chi connectivity index (χ1v) is 8.92. The molecule has 0 aliphatic carbocycles. The van der Waals surface area contributed by atoms with E-state index in [0.29, 0.717) is 5.92 Å². The van der Waals surface area contributed by atoms with Crippen LogP contribution in [0.25, 0.3) is 5.69 Å². The lowest BCUT2D eigenvalue weighted by Gasteiger charge is -2.24. The third-order valence-electron chi connectivity index (χ3n) is 4.74. The van der Waals surface area contributed by atoms with Gasteiger partial charge in [-0.3, -0.25) is 0 Å². The zero-order valence-electron chi connectivity index (χ0n) is 14.5. The topological polar surface area (TPSA) is 73.5 Å². The summed E-state index contributed by atoms with van der Waals surface area (Å²) in [6.45, 7) is 4.85. The summed E-state index contributed by atoms with van der Waals surface area (Å²) in [5, 5.41) is 20.6. The number of benzene rings is 1. The van der Waals surface area contributed by atoms with E-state index in [2.05, 4.69) is 37.3 Å². The van der Waals surface area contributed by atoms with E-state index in [0.717, 1.165) is 61.9 Å². The van der Waals surface area contributed by atoms with Crippen molar-refractivity contribution >= 4 is 0 Å². The van der Waals surface area contributed by atoms with Crippen LogP contribution >= 0.6 is 0 Å². The van der Waals surface area contributed by atoms with Crippen molar-refractivity contribution in [1.29, 1.82) is 0 Å². The molecule has 0 saturated heterocycles. The lowest BCUT2D eigenvalue weighted by Crippen LogP contribution is -2.30. The smallest absolute Gasteiger partial charge is 0.133 e. The van der Waals surface area contributed by atoms with Gasteiger partial charge >= 0.3 is 0 Å². The Bertz CT molecular complexity index is 808. The Balaban J connectivity index is 1.31. The van der Waals surface area contributed by atoms with Gasteiger partial charge in [0.2, 0.25) is 0 Å². The van der Waals surface area contributed by atoms with Crippen LogP contribution < -0.4 is 5.32 Å². The minimum Gasteiger partial charge on any atom is -0.315 e. The maximum Gasteiger partial charge on any atom is 0.133 e. The summed E-state index contributed by atoms with van der Waals surface area (Å²) in [7, 11) is 0. The number of nitrogens with zero attached hydrogens (tertiary/aromatic N) is 6. The number of para-hydroxylation sites is 1. The van der Waals surface area contributed by atoms with E-state index in [-0.39, 0.29) is 0 Å². The van der Waals surface area contributed by atoms with Gasteiger partial charge in [-0.15, -0.1) is 15.3 Å². The molecule has 7 heteroatoms. The van der Waals surface area contributed by atoms with E-state index in [4.69, 9.17) is 0 Å². The SMILES string of the molecule is CCc1nnc2n1C[C@@H](CNCc1cn(-c3ccccc3)nn1)CC2. The molecular weight excluding hydrogens is 314 g/mol. The summed E-state index contributed by atoms with van der Waals surface area (Å²) in [6.07, 6.45) is 5.10. The van der Waals surface area contributed by atoms with Gasteiger partial charge < -0.3 is 9.88 Å². The predicted molar refractivity (Wildman–Crippen MR) is 94.3 cm³/mol. The molecule has 0 unspecified atom stereocenters. The van der Waals surface area contributed by atoms with E-state index in [1.165, 1.54) is 0 Å². The van der Waals surface area contributed by atoms with Crippen molar-refractivity contribution in [2.45, 2.75) is 39.3 Å². The van der Waals surface area contributed by atoms with Gasteiger partial charge in [-0.2, -0.15) is 0 Å². The summed E-state index contributed by atoms with van der Waals surface area (Å²) in [6, 6.07) is 10.0. The Labute approximate surface area is 147 Å². The van der Waals surface area contributed by atoms with Gasteiger partial charge in [0.05, 0.1) is 17.6 Å². The molecule has 3 heterocycles. The van der Waals surface area contributed by atoms with E-state index in [1.807, 2.05) is 41.2 Å². The molecule has 1 N–H and O–H groups in total. The van der Waals surface area contributed by atoms with Crippen molar-refractivity contribution in [2.75, 3.05) is 6.54 Å². The van der Waals surface area contributed by atoms with E-state index < -0.39 is 0 Å². The first-order valence-electron chi connectivity index (χ1n) is 8.92. The van der Waals surface area contributed by atoms with Gasteiger partial charge in [0, 0.05) is 32.5 Å². The molecule has 0 bridgehead atoms. The van der Waals surface area contributed by atoms with Crippen LogP contribution in [0.2, 0.25) is 0 Å². The molecule has 1 aromatic carbocycles. The van der Waals surface area contributed by atoms with Crippen molar-refractivity contribution in [1.82, 2.24) is 35.1 Å². The van der Waals surface area contributed by atoms with Crippen LogP contribution in [0.3, 0.4) is 0 Å². The summed E-state index contributed by atoms with van der Waals surface area (Å²) in [5.74, 6) is 2.85. The highest BCUT2D eigenvalue weighted by Gasteiger charge is 2.21. The fourth-order valence-electron chi connectivity index (χ4n) is 3.37. The molecule has 0 fully saturated rings. The van der Waals surface area contributed by atoms with Gasteiger partial charge in [-0.05, 0) is 24.5 Å². The van der Waals surface area contributed by atoms with Crippen LogP contribution in [0.15, 0.2) is 36.5 Å². The molecule has 25 heavy (non-hydrogen) atoms. The summed E-state index contributed by atoms with van der Waals surface area (Å²) < 4.78 is 4.11. The van der Waals surface area contributed by atoms with Crippen molar-refractivity contribution in [3.8, 4) is 5.69 Å². The normalized spacial score (nSPS) is 16.8. The summed E-state index contributed by atoms with van der Waals surface area (Å²) in [4.78, 5) is 0. The van der Waals surface area contributed by atoms with Crippen LogP contribution in [-0.2, 0) is 25.9 Å². The molecule has 1 atom stereocenters. The lowest BCUT2D eigenvalue weighted by atomic mass is 9.99. The third kappa shape index (κ3) is 3.46. The van der Waals surface area contributed by atoms with Crippen LogP contribution in [0, 0.1) is 5.92 Å². The molecule has 1 aliphatic rings. The van der Waals surface area contributed by atoms with Crippen LogP contribution in [0.1, 0.15) is 30.7 Å². The number of nitrogens with one attached hydrogen (secondary N) is 1. The van der Waals surface area contributed by atoms with Gasteiger partial charge in [0.25, 0.3) is 0 Å². The molecular formula is C18H23N7. The molecule has 4 rings (SSSR count). The largest absolute Gasteiger partial charge is 0.315 e. The van der Waals surface area contributed by atoms with E-state index in [9.17, 15) is 0 Å². The Morgan fingerprint density at radius 2 is 2.04 bits per heavy atom. The Morgan fingerprint density at radius 3 is 2.88 bits per heavy atom. The first kappa shape index (κ1) is 16.0. The third-order valence-corrected chi connectivity index (χ3v) is 4.74.